The zero-order chi connectivity index (χ0) is 21.7. The molecular weight excluding hydrogens is 404 g/mol. The van der Waals surface area contributed by atoms with Crippen molar-refractivity contribution in [3.8, 4) is 5.69 Å². The Morgan fingerprint density at radius 1 is 1.17 bits per heavy atom. The first-order valence-corrected chi connectivity index (χ1v) is 9.82. The number of methoxy groups -OCH3 is 1. The molecule has 0 spiro atoms. The molecule has 2 amide bonds. The minimum Gasteiger partial charge on any atom is -0.453 e. The molecule has 0 unspecified atom stereocenters. The minimum absolute atomic E-state index is 0.0795. The van der Waals surface area contributed by atoms with Gasteiger partial charge in [-0.2, -0.15) is 5.10 Å². The quantitative estimate of drug-likeness (QED) is 0.595. The molecule has 8 heteroatoms. The van der Waals surface area contributed by atoms with Gasteiger partial charge in [0.2, 0.25) is 0 Å². The normalized spacial score (nSPS) is 10.7. The Morgan fingerprint density at radius 2 is 1.90 bits per heavy atom. The number of hydrogen-bond donors (Lipinski definition) is 2. The van der Waals surface area contributed by atoms with Crippen molar-refractivity contribution in [2.75, 3.05) is 12.4 Å². The van der Waals surface area contributed by atoms with Gasteiger partial charge in [0.15, 0.2) is 0 Å². The molecule has 1 heterocycles. The van der Waals surface area contributed by atoms with Crippen molar-refractivity contribution in [1.82, 2.24) is 15.1 Å². The van der Waals surface area contributed by atoms with E-state index in [4.69, 9.17) is 11.6 Å². The van der Waals surface area contributed by atoms with Gasteiger partial charge in [0.25, 0.3) is 5.91 Å². The summed E-state index contributed by atoms with van der Waals surface area (Å²) in [7, 11) is 1.30. The minimum atomic E-state index is -0.533. The molecule has 1 aromatic heterocycles. The number of carbonyl (C=O) groups excluding carboxylic acids is 2. The maximum absolute atomic E-state index is 12.8. The molecule has 156 valence electrons. The van der Waals surface area contributed by atoms with Crippen molar-refractivity contribution in [2.24, 2.45) is 0 Å². The Kier molecular flexibility index (Phi) is 6.74. The summed E-state index contributed by atoms with van der Waals surface area (Å²) in [6.07, 6.45) is 1.04. The van der Waals surface area contributed by atoms with Crippen molar-refractivity contribution in [1.29, 1.82) is 0 Å². The lowest BCUT2D eigenvalue weighted by Crippen LogP contribution is -2.24. The summed E-state index contributed by atoms with van der Waals surface area (Å²) in [5.74, 6) is -0.125. The van der Waals surface area contributed by atoms with Crippen LogP contribution in [0.5, 0.6) is 0 Å². The second-order valence-electron chi connectivity index (χ2n) is 6.99. The largest absolute Gasteiger partial charge is 0.453 e. The smallest absolute Gasteiger partial charge is 0.411 e. The molecule has 0 aliphatic carbocycles. The molecule has 30 heavy (non-hydrogen) atoms. The first-order chi connectivity index (χ1) is 14.4. The zero-order valence-corrected chi connectivity index (χ0v) is 17.7. The topological polar surface area (TPSA) is 85.2 Å². The number of rotatable bonds is 6. The van der Waals surface area contributed by atoms with Crippen LogP contribution in [0.3, 0.4) is 0 Å². The van der Waals surface area contributed by atoms with E-state index in [2.05, 4.69) is 20.5 Å². The van der Waals surface area contributed by atoms with Gasteiger partial charge in [0.05, 0.1) is 30.3 Å². The summed E-state index contributed by atoms with van der Waals surface area (Å²) in [6, 6.07) is 14.5. The van der Waals surface area contributed by atoms with Crippen molar-refractivity contribution < 1.29 is 14.3 Å². The summed E-state index contributed by atoms with van der Waals surface area (Å²) in [5.41, 5.74) is 3.65. The average molecular weight is 427 g/mol. The lowest BCUT2D eigenvalue weighted by Gasteiger charge is -2.13. The Balaban J connectivity index is 1.73. The van der Waals surface area contributed by atoms with Gasteiger partial charge in [-0.3, -0.25) is 10.1 Å². The molecule has 0 aliphatic rings. The number of amides is 2. The Bertz CT molecular complexity index is 1040. The van der Waals surface area contributed by atoms with Gasteiger partial charge in [-0.1, -0.05) is 43.6 Å². The number of aromatic nitrogens is 2. The molecule has 0 radical (unpaired) electrons. The van der Waals surface area contributed by atoms with Crippen LogP contribution < -0.4 is 10.6 Å². The molecule has 0 saturated heterocycles. The fourth-order valence-electron chi connectivity index (χ4n) is 3.05. The highest BCUT2D eigenvalue weighted by molar-refractivity contribution is 6.30. The SMILES string of the molecule is COC(=O)Nc1ccc(CNC(=O)c2cnn(-c3cccc(Cl)c3)c2C(C)C)cc1. The predicted octanol–water partition coefficient (Wildman–Crippen LogP) is 4.76. The van der Waals surface area contributed by atoms with E-state index < -0.39 is 6.09 Å². The van der Waals surface area contributed by atoms with Crippen LogP contribution in [-0.2, 0) is 11.3 Å². The van der Waals surface area contributed by atoms with E-state index in [1.165, 1.54) is 7.11 Å². The Hall–Kier alpha value is -3.32. The highest BCUT2D eigenvalue weighted by atomic mass is 35.5. The first kappa shape index (κ1) is 21.4. The fourth-order valence-corrected chi connectivity index (χ4v) is 3.24. The number of ether oxygens (including phenoxy) is 1. The summed E-state index contributed by atoms with van der Waals surface area (Å²) < 4.78 is 6.31. The van der Waals surface area contributed by atoms with Crippen LogP contribution in [0.1, 0.15) is 41.4 Å². The maximum Gasteiger partial charge on any atom is 0.411 e. The monoisotopic (exact) mass is 426 g/mol. The van der Waals surface area contributed by atoms with Crippen LogP contribution in [0.2, 0.25) is 5.02 Å². The van der Waals surface area contributed by atoms with Crippen molar-refractivity contribution in [3.05, 3.63) is 76.6 Å². The molecule has 0 atom stereocenters. The van der Waals surface area contributed by atoms with Crippen LogP contribution in [0.4, 0.5) is 10.5 Å². The van der Waals surface area contributed by atoms with E-state index in [0.29, 0.717) is 22.8 Å². The van der Waals surface area contributed by atoms with E-state index in [9.17, 15) is 9.59 Å². The Morgan fingerprint density at radius 3 is 2.53 bits per heavy atom. The van der Waals surface area contributed by atoms with Crippen molar-refractivity contribution >= 4 is 29.3 Å². The number of nitrogens with one attached hydrogen (secondary N) is 2. The van der Waals surface area contributed by atoms with E-state index >= 15 is 0 Å². The lowest BCUT2D eigenvalue weighted by molar-refractivity contribution is 0.0949. The van der Waals surface area contributed by atoms with Crippen molar-refractivity contribution in [3.63, 3.8) is 0 Å². The second-order valence-corrected chi connectivity index (χ2v) is 7.42. The molecule has 3 aromatic rings. The van der Waals surface area contributed by atoms with Crippen LogP contribution in [-0.4, -0.2) is 28.9 Å². The highest BCUT2D eigenvalue weighted by Gasteiger charge is 2.21. The van der Waals surface area contributed by atoms with Crippen LogP contribution in [0.25, 0.3) is 5.69 Å². The number of benzene rings is 2. The third-order valence-electron chi connectivity index (χ3n) is 4.49. The van der Waals surface area contributed by atoms with Crippen LogP contribution in [0.15, 0.2) is 54.7 Å². The number of carbonyl (C=O) groups is 2. The Labute approximate surface area is 180 Å². The van der Waals surface area contributed by atoms with Gasteiger partial charge in [-0.25, -0.2) is 9.48 Å². The number of halogens is 1. The van der Waals surface area contributed by atoms with E-state index in [1.54, 1.807) is 29.1 Å². The standard InChI is InChI=1S/C22H23ClN4O3/c1-14(2)20-19(13-25-27(20)18-6-4-5-16(23)11-18)21(28)24-12-15-7-9-17(10-8-15)26-22(29)30-3/h4-11,13-14H,12H2,1-3H3,(H,24,28)(H,26,29). The van der Waals surface area contributed by atoms with Crippen LogP contribution >= 0.6 is 11.6 Å². The molecule has 2 N–H and O–H groups in total. The molecule has 0 saturated carbocycles. The van der Waals surface area contributed by atoms with Gasteiger partial charge >= 0.3 is 6.09 Å². The van der Waals surface area contributed by atoms with E-state index in [-0.39, 0.29) is 11.8 Å². The van der Waals surface area contributed by atoms with Crippen LogP contribution in [0, 0.1) is 0 Å². The molecule has 2 aromatic carbocycles. The lowest BCUT2D eigenvalue weighted by atomic mass is 10.0. The third kappa shape index (κ3) is 4.99. The summed E-state index contributed by atoms with van der Waals surface area (Å²) in [4.78, 5) is 24.1. The molecular formula is C22H23ClN4O3. The summed E-state index contributed by atoms with van der Waals surface area (Å²) >= 11 is 6.11. The van der Waals surface area contributed by atoms with E-state index in [1.807, 2.05) is 44.2 Å². The zero-order valence-electron chi connectivity index (χ0n) is 17.0. The molecule has 7 nitrogen and oxygen atoms in total. The summed E-state index contributed by atoms with van der Waals surface area (Å²) in [6.45, 7) is 4.38. The number of anilines is 1. The average Bonchev–Trinajstić information content (AvgIpc) is 3.18. The molecule has 0 aliphatic heterocycles. The predicted molar refractivity (Wildman–Crippen MR) is 116 cm³/mol. The third-order valence-corrected chi connectivity index (χ3v) is 4.72. The molecule has 0 bridgehead atoms. The van der Waals surface area contributed by atoms with Gasteiger partial charge in [-0.05, 0) is 41.8 Å². The van der Waals surface area contributed by atoms with Gasteiger partial charge in [0.1, 0.15) is 0 Å². The number of hydrogen-bond acceptors (Lipinski definition) is 4. The highest BCUT2D eigenvalue weighted by Crippen LogP contribution is 2.24. The first-order valence-electron chi connectivity index (χ1n) is 9.45. The maximum atomic E-state index is 12.8. The van der Waals surface area contributed by atoms with Gasteiger partial charge < -0.3 is 10.1 Å². The van der Waals surface area contributed by atoms with Gasteiger partial charge in [0, 0.05) is 17.3 Å². The van der Waals surface area contributed by atoms with Gasteiger partial charge in [-0.15, -0.1) is 0 Å². The number of nitrogens with zero attached hydrogens (tertiary/aromatic N) is 2. The molecule has 3 rings (SSSR count). The summed E-state index contributed by atoms with van der Waals surface area (Å²) in [5, 5.41) is 10.5. The van der Waals surface area contributed by atoms with E-state index in [0.717, 1.165) is 16.9 Å². The molecule has 0 fully saturated rings. The second kappa shape index (κ2) is 9.45. The fraction of sp³-hybridized carbons (Fsp3) is 0.227. The van der Waals surface area contributed by atoms with Crippen molar-refractivity contribution in [2.45, 2.75) is 26.3 Å².